The third kappa shape index (κ3) is 7.10. The SMILES string of the molecule is COc1ccc2c(C[C@@H]3C[C@H]4C(=O)N[C@]5(C(=O)NS(=O)(=O)C6CC6)C[C@H]5/C=C\CCCCN(C)C(=O)[C@@H]4C3)cc(-c3nc(C(C)C)cs3)nc2c1C. The Morgan fingerprint density at radius 1 is 1.15 bits per heavy atom. The zero-order chi connectivity index (χ0) is 36.9. The number of nitrogens with zero attached hydrogens (tertiary/aromatic N) is 3. The molecule has 3 saturated carbocycles. The molecular formula is C39H49N5O6S2. The fourth-order valence-corrected chi connectivity index (χ4v) is 10.4. The minimum atomic E-state index is -3.81. The van der Waals surface area contributed by atoms with Gasteiger partial charge < -0.3 is 15.0 Å². The van der Waals surface area contributed by atoms with E-state index in [1.807, 2.05) is 31.2 Å². The van der Waals surface area contributed by atoms with Crippen LogP contribution < -0.4 is 14.8 Å². The summed E-state index contributed by atoms with van der Waals surface area (Å²) in [5.74, 6) is -1.64. The number of amides is 3. The quantitative estimate of drug-likeness (QED) is 0.281. The lowest BCUT2D eigenvalue weighted by atomic mass is 9.93. The van der Waals surface area contributed by atoms with Crippen LogP contribution >= 0.6 is 11.3 Å². The van der Waals surface area contributed by atoms with Crippen molar-refractivity contribution >= 4 is 50.0 Å². The van der Waals surface area contributed by atoms with Gasteiger partial charge in [0.15, 0.2) is 0 Å². The first kappa shape index (κ1) is 36.5. The van der Waals surface area contributed by atoms with Crippen LogP contribution in [0.1, 0.15) is 88.0 Å². The summed E-state index contributed by atoms with van der Waals surface area (Å²) in [4.78, 5) is 53.8. The van der Waals surface area contributed by atoms with E-state index >= 15 is 0 Å². The molecule has 4 aliphatic rings. The molecule has 7 rings (SSSR count). The van der Waals surface area contributed by atoms with Crippen LogP contribution in [0.25, 0.3) is 21.6 Å². The maximum Gasteiger partial charge on any atom is 0.259 e. The van der Waals surface area contributed by atoms with Crippen molar-refractivity contribution < 1.29 is 27.5 Å². The average molecular weight is 748 g/mol. The van der Waals surface area contributed by atoms with Crippen molar-refractivity contribution in [3.63, 3.8) is 0 Å². The first-order valence-electron chi connectivity index (χ1n) is 18.5. The van der Waals surface area contributed by atoms with E-state index in [4.69, 9.17) is 14.7 Å². The van der Waals surface area contributed by atoms with Gasteiger partial charge in [-0.25, -0.2) is 18.4 Å². The van der Waals surface area contributed by atoms with Crippen molar-refractivity contribution in [3.8, 4) is 16.5 Å². The number of benzene rings is 1. The number of fused-ring (bicyclic) bond motifs is 3. The van der Waals surface area contributed by atoms with Gasteiger partial charge in [-0.1, -0.05) is 26.0 Å². The van der Waals surface area contributed by atoms with E-state index < -0.39 is 38.6 Å². The second-order valence-corrected chi connectivity index (χ2v) is 18.4. The van der Waals surface area contributed by atoms with Crippen molar-refractivity contribution in [2.45, 2.75) is 95.3 Å². The molecule has 3 aliphatic carbocycles. The molecule has 0 saturated heterocycles. The Hall–Kier alpha value is -3.84. The number of allylic oxidation sites excluding steroid dienone is 1. The minimum absolute atomic E-state index is 0.00734. The summed E-state index contributed by atoms with van der Waals surface area (Å²) in [6.07, 6.45) is 9.36. The molecule has 3 amide bonds. The highest BCUT2D eigenvalue weighted by molar-refractivity contribution is 7.91. The van der Waals surface area contributed by atoms with Crippen molar-refractivity contribution in [3.05, 3.63) is 52.6 Å². The number of aryl methyl sites for hydroxylation is 1. The zero-order valence-electron chi connectivity index (χ0n) is 30.6. The number of ether oxygens (including phenoxy) is 1. The van der Waals surface area contributed by atoms with Crippen LogP contribution in [0.2, 0.25) is 0 Å². The van der Waals surface area contributed by atoms with E-state index in [1.165, 1.54) is 0 Å². The van der Waals surface area contributed by atoms with E-state index in [-0.39, 0.29) is 29.6 Å². The van der Waals surface area contributed by atoms with E-state index in [1.54, 1.807) is 30.4 Å². The number of aromatic nitrogens is 2. The third-order valence-electron chi connectivity index (χ3n) is 11.5. The lowest BCUT2D eigenvalue weighted by Crippen LogP contribution is -2.54. The number of thiazole rings is 1. The van der Waals surface area contributed by atoms with E-state index in [2.05, 4.69) is 35.3 Å². The van der Waals surface area contributed by atoms with Crippen molar-refractivity contribution in [1.82, 2.24) is 24.9 Å². The Labute approximate surface area is 310 Å². The van der Waals surface area contributed by atoms with Gasteiger partial charge in [-0.2, -0.15) is 0 Å². The molecule has 13 heteroatoms. The van der Waals surface area contributed by atoms with Crippen LogP contribution in [0.4, 0.5) is 0 Å². The highest BCUT2D eigenvalue weighted by Crippen LogP contribution is 2.48. The molecule has 2 aromatic heterocycles. The first-order valence-corrected chi connectivity index (χ1v) is 21.0. The maximum atomic E-state index is 14.3. The summed E-state index contributed by atoms with van der Waals surface area (Å²) in [5.41, 5.74) is 3.27. The summed E-state index contributed by atoms with van der Waals surface area (Å²) < 4.78 is 33.5. The van der Waals surface area contributed by atoms with Gasteiger partial charge in [0.2, 0.25) is 21.8 Å². The fraction of sp³-hybridized carbons (Fsp3) is 0.564. The largest absolute Gasteiger partial charge is 0.496 e. The molecule has 3 aromatic rings. The normalized spacial score (nSPS) is 27.5. The molecule has 1 aromatic carbocycles. The highest BCUT2D eigenvalue weighted by atomic mass is 32.2. The average Bonchev–Trinajstić information content (AvgIpc) is 3.98. The molecule has 52 heavy (non-hydrogen) atoms. The van der Waals surface area contributed by atoms with E-state index in [9.17, 15) is 22.8 Å². The minimum Gasteiger partial charge on any atom is -0.496 e. The van der Waals surface area contributed by atoms with Gasteiger partial charge in [0, 0.05) is 47.7 Å². The molecule has 0 spiro atoms. The standard InChI is InChI=1S/C39H49N5O6S2/c1-22(2)32-21-51-36(41-32)31-19-25(28-13-14-33(50-5)23(3)34(28)40-31)16-24-17-29-30(18-24)37(46)44(4)15-9-7-6-8-10-26-20-39(26,42-35(29)45)38(47)43-52(48,49)27-11-12-27/h8,10,13-14,19,21-22,24,26-27,29-30H,6-7,9,11-12,15-18,20H2,1-5H3,(H,42,45)(H,43,47)/b10-8-/t24-,26-,29-,30-,39-/m1/s1. The van der Waals surface area contributed by atoms with E-state index in [0.717, 1.165) is 63.4 Å². The molecule has 11 nitrogen and oxygen atoms in total. The van der Waals surface area contributed by atoms with E-state index in [0.29, 0.717) is 45.1 Å². The van der Waals surface area contributed by atoms with Gasteiger partial charge in [-0.15, -0.1) is 11.3 Å². The molecule has 278 valence electrons. The molecule has 5 atom stereocenters. The van der Waals surface area contributed by atoms with Crippen LogP contribution in [-0.4, -0.2) is 72.5 Å². The Morgan fingerprint density at radius 3 is 2.63 bits per heavy atom. The molecule has 0 bridgehead atoms. The second-order valence-electron chi connectivity index (χ2n) is 15.6. The summed E-state index contributed by atoms with van der Waals surface area (Å²) in [5, 5.41) is 6.36. The summed E-state index contributed by atoms with van der Waals surface area (Å²) in [7, 11) is -0.353. The Balaban J connectivity index is 1.21. The monoisotopic (exact) mass is 747 g/mol. The van der Waals surface area contributed by atoms with Gasteiger partial charge in [0.1, 0.15) is 16.3 Å². The predicted octanol–water partition coefficient (Wildman–Crippen LogP) is 5.67. The molecule has 0 radical (unpaired) electrons. The lowest BCUT2D eigenvalue weighted by Gasteiger charge is -2.27. The number of methoxy groups -OCH3 is 1. The lowest BCUT2D eigenvalue weighted by molar-refractivity contribution is -0.140. The highest BCUT2D eigenvalue weighted by Gasteiger charge is 2.62. The van der Waals surface area contributed by atoms with Gasteiger partial charge in [-0.05, 0) is 100 Å². The second kappa shape index (κ2) is 14.2. The number of carbonyl (C=O) groups excluding carboxylic acids is 3. The van der Waals surface area contributed by atoms with Gasteiger partial charge in [0.25, 0.3) is 5.91 Å². The maximum absolute atomic E-state index is 14.3. The molecular weight excluding hydrogens is 699 g/mol. The molecule has 3 fully saturated rings. The van der Waals surface area contributed by atoms with Gasteiger partial charge in [0.05, 0.1) is 29.3 Å². The number of rotatable bonds is 8. The molecule has 3 heterocycles. The molecule has 2 N–H and O–H groups in total. The van der Waals surface area contributed by atoms with Crippen LogP contribution in [0, 0.1) is 30.6 Å². The predicted molar refractivity (Wildman–Crippen MR) is 201 cm³/mol. The number of carbonyl (C=O) groups is 3. The fourth-order valence-electron chi connectivity index (χ4n) is 8.07. The molecule has 0 unspecified atom stereocenters. The Morgan fingerprint density at radius 2 is 1.92 bits per heavy atom. The van der Waals surface area contributed by atoms with Crippen molar-refractivity contribution in [2.75, 3.05) is 20.7 Å². The van der Waals surface area contributed by atoms with Gasteiger partial charge in [-0.3, -0.25) is 19.1 Å². The van der Waals surface area contributed by atoms with Gasteiger partial charge >= 0.3 is 0 Å². The van der Waals surface area contributed by atoms with Crippen molar-refractivity contribution in [1.29, 1.82) is 0 Å². The Kier molecular flexibility index (Phi) is 9.96. The van der Waals surface area contributed by atoms with Crippen LogP contribution in [-0.2, 0) is 30.8 Å². The van der Waals surface area contributed by atoms with Crippen LogP contribution in [0.15, 0.2) is 35.7 Å². The summed E-state index contributed by atoms with van der Waals surface area (Å²) in [6.45, 7) is 6.84. The number of nitrogens with one attached hydrogen (secondary N) is 2. The first-order chi connectivity index (χ1) is 24.8. The number of hydrogen-bond acceptors (Lipinski definition) is 9. The zero-order valence-corrected chi connectivity index (χ0v) is 32.2. The summed E-state index contributed by atoms with van der Waals surface area (Å²) >= 11 is 1.57. The molecule has 1 aliphatic heterocycles. The van der Waals surface area contributed by atoms with Crippen molar-refractivity contribution in [2.24, 2.45) is 23.7 Å². The van der Waals surface area contributed by atoms with Crippen LogP contribution in [0.3, 0.4) is 0 Å². The third-order valence-corrected chi connectivity index (χ3v) is 14.2. The smallest absolute Gasteiger partial charge is 0.259 e. The van der Waals surface area contributed by atoms with Crippen LogP contribution in [0.5, 0.6) is 5.75 Å². The number of pyridine rings is 1. The topological polar surface area (TPSA) is 148 Å². The number of hydrogen-bond donors (Lipinski definition) is 2. The number of sulfonamides is 1. The summed E-state index contributed by atoms with van der Waals surface area (Å²) in [6, 6.07) is 6.09. The Bertz CT molecular complexity index is 2040.